The fourth-order valence-corrected chi connectivity index (χ4v) is 1.68. The van der Waals surface area contributed by atoms with Gasteiger partial charge < -0.3 is 15.0 Å². The molecule has 1 heterocycles. The molecule has 0 spiro atoms. The molecule has 1 atom stereocenters. The highest BCUT2D eigenvalue weighted by molar-refractivity contribution is 5.07. The van der Waals surface area contributed by atoms with Crippen LogP contribution < -0.4 is 10.9 Å². The monoisotopic (exact) mass is 222 g/mol. The van der Waals surface area contributed by atoms with Crippen LogP contribution in [0.25, 0.3) is 0 Å². The van der Waals surface area contributed by atoms with Crippen molar-refractivity contribution in [3.63, 3.8) is 0 Å². The molecule has 1 aliphatic rings. The molecule has 0 radical (unpaired) electrons. The fourth-order valence-electron chi connectivity index (χ4n) is 1.68. The molecule has 1 aliphatic carbocycles. The van der Waals surface area contributed by atoms with Crippen molar-refractivity contribution >= 4 is 0 Å². The van der Waals surface area contributed by atoms with Gasteiger partial charge in [0, 0.05) is 24.3 Å². The van der Waals surface area contributed by atoms with Gasteiger partial charge in [-0.2, -0.15) is 0 Å². The van der Waals surface area contributed by atoms with Crippen LogP contribution in [0.2, 0.25) is 0 Å². The van der Waals surface area contributed by atoms with E-state index in [9.17, 15) is 9.90 Å². The Kier molecular flexibility index (Phi) is 3.41. The Bertz CT molecular complexity index is 410. The van der Waals surface area contributed by atoms with Crippen LogP contribution in [-0.4, -0.2) is 28.4 Å². The molecule has 0 bridgehead atoms. The van der Waals surface area contributed by atoms with Crippen molar-refractivity contribution in [2.75, 3.05) is 6.54 Å². The summed E-state index contributed by atoms with van der Waals surface area (Å²) >= 11 is 0. The summed E-state index contributed by atoms with van der Waals surface area (Å²) in [5.74, 6) is 0. The minimum atomic E-state index is -0.500. The molecule has 0 saturated heterocycles. The van der Waals surface area contributed by atoms with E-state index < -0.39 is 6.10 Å². The van der Waals surface area contributed by atoms with Crippen LogP contribution in [0.1, 0.15) is 18.4 Å². The lowest BCUT2D eigenvalue weighted by Gasteiger charge is -2.13. The van der Waals surface area contributed by atoms with Gasteiger partial charge in [0.25, 0.3) is 5.56 Å². The molecular weight excluding hydrogens is 204 g/mol. The van der Waals surface area contributed by atoms with Crippen molar-refractivity contribution in [3.05, 3.63) is 34.2 Å². The Morgan fingerprint density at radius 1 is 1.62 bits per heavy atom. The normalized spacial score (nSPS) is 17.4. The Hall–Kier alpha value is -1.13. The van der Waals surface area contributed by atoms with E-state index in [-0.39, 0.29) is 5.56 Å². The average Bonchev–Trinajstić information content (AvgIpc) is 3.06. The number of aliphatic hydroxyl groups excluding tert-OH is 1. The largest absolute Gasteiger partial charge is 0.390 e. The van der Waals surface area contributed by atoms with Crippen LogP contribution in [0.15, 0.2) is 23.1 Å². The molecule has 0 aromatic carbocycles. The first-order valence-corrected chi connectivity index (χ1v) is 5.74. The third-order valence-electron chi connectivity index (χ3n) is 2.84. The van der Waals surface area contributed by atoms with Gasteiger partial charge in [-0.1, -0.05) is 6.07 Å². The van der Waals surface area contributed by atoms with E-state index in [4.69, 9.17) is 0 Å². The highest BCUT2D eigenvalue weighted by atomic mass is 16.3. The first-order chi connectivity index (χ1) is 7.66. The van der Waals surface area contributed by atoms with Crippen LogP contribution in [0.3, 0.4) is 0 Å². The van der Waals surface area contributed by atoms with Gasteiger partial charge in [-0.3, -0.25) is 4.79 Å². The molecule has 16 heavy (non-hydrogen) atoms. The van der Waals surface area contributed by atoms with Crippen molar-refractivity contribution in [2.45, 2.75) is 38.5 Å². The van der Waals surface area contributed by atoms with Gasteiger partial charge in [-0.05, 0) is 25.8 Å². The Morgan fingerprint density at radius 2 is 2.38 bits per heavy atom. The predicted molar refractivity (Wildman–Crippen MR) is 62.5 cm³/mol. The van der Waals surface area contributed by atoms with Gasteiger partial charge in [0.15, 0.2) is 0 Å². The van der Waals surface area contributed by atoms with E-state index in [1.165, 1.54) is 12.8 Å². The van der Waals surface area contributed by atoms with Crippen molar-refractivity contribution < 1.29 is 5.11 Å². The number of aliphatic hydroxyl groups is 1. The smallest absolute Gasteiger partial charge is 0.253 e. The second kappa shape index (κ2) is 4.80. The molecule has 0 amide bonds. The number of aryl methyl sites for hydroxylation is 1. The maximum Gasteiger partial charge on any atom is 0.253 e. The topological polar surface area (TPSA) is 54.3 Å². The summed E-state index contributed by atoms with van der Waals surface area (Å²) in [4.78, 5) is 11.7. The lowest BCUT2D eigenvalue weighted by atomic mass is 10.3. The molecular formula is C12H18N2O2. The van der Waals surface area contributed by atoms with Crippen molar-refractivity contribution in [2.24, 2.45) is 0 Å². The van der Waals surface area contributed by atoms with Gasteiger partial charge in [-0.25, -0.2) is 0 Å². The molecule has 0 aliphatic heterocycles. The molecule has 1 fully saturated rings. The van der Waals surface area contributed by atoms with Crippen molar-refractivity contribution in [3.8, 4) is 0 Å². The number of nitrogens with one attached hydrogen (secondary N) is 1. The van der Waals surface area contributed by atoms with E-state index in [0.29, 0.717) is 24.7 Å². The number of hydrogen-bond acceptors (Lipinski definition) is 3. The number of pyridine rings is 1. The van der Waals surface area contributed by atoms with Crippen LogP contribution in [0.4, 0.5) is 0 Å². The van der Waals surface area contributed by atoms with Crippen LogP contribution >= 0.6 is 0 Å². The van der Waals surface area contributed by atoms with Crippen LogP contribution in [0.5, 0.6) is 0 Å². The zero-order valence-electron chi connectivity index (χ0n) is 9.52. The summed E-state index contributed by atoms with van der Waals surface area (Å²) in [6.07, 6.45) is 3.63. The molecule has 4 heteroatoms. The molecule has 1 saturated carbocycles. The van der Waals surface area contributed by atoms with E-state index in [0.717, 1.165) is 0 Å². The second-order valence-electron chi connectivity index (χ2n) is 4.49. The summed E-state index contributed by atoms with van der Waals surface area (Å²) < 4.78 is 1.56. The lowest BCUT2D eigenvalue weighted by Crippen LogP contribution is -2.34. The maximum absolute atomic E-state index is 11.7. The van der Waals surface area contributed by atoms with Crippen molar-refractivity contribution in [1.29, 1.82) is 0 Å². The Morgan fingerprint density at radius 3 is 3.06 bits per heavy atom. The van der Waals surface area contributed by atoms with Gasteiger partial charge in [0.1, 0.15) is 0 Å². The molecule has 2 N–H and O–H groups in total. The summed E-state index contributed by atoms with van der Waals surface area (Å²) in [5.41, 5.74) is 0.692. The Labute approximate surface area is 94.9 Å². The number of aromatic nitrogens is 1. The minimum absolute atomic E-state index is 0.0204. The third-order valence-corrected chi connectivity index (χ3v) is 2.84. The van der Waals surface area contributed by atoms with E-state index in [1.54, 1.807) is 23.8 Å². The summed E-state index contributed by atoms with van der Waals surface area (Å²) in [5, 5.41) is 13.0. The van der Waals surface area contributed by atoms with Gasteiger partial charge in [0.2, 0.25) is 0 Å². The first-order valence-electron chi connectivity index (χ1n) is 5.74. The number of nitrogens with zero attached hydrogens (tertiary/aromatic N) is 1. The summed E-state index contributed by atoms with van der Waals surface area (Å²) in [6, 6.07) is 4.20. The third kappa shape index (κ3) is 2.93. The van der Waals surface area contributed by atoms with Crippen LogP contribution in [0, 0.1) is 6.92 Å². The van der Waals surface area contributed by atoms with Gasteiger partial charge in [0.05, 0.1) is 12.6 Å². The van der Waals surface area contributed by atoms with Gasteiger partial charge >= 0.3 is 0 Å². The molecule has 4 nitrogen and oxygen atoms in total. The number of hydrogen-bond donors (Lipinski definition) is 2. The van der Waals surface area contributed by atoms with Crippen LogP contribution in [-0.2, 0) is 6.54 Å². The summed E-state index contributed by atoms with van der Waals surface area (Å²) in [7, 11) is 0. The quantitative estimate of drug-likeness (QED) is 0.752. The standard InChI is InChI=1S/C12H18N2O2/c1-9-3-2-6-14(12(9)16)8-11(15)7-13-10-4-5-10/h2-3,6,10-11,13,15H,4-5,7-8H2,1H3. The van der Waals surface area contributed by atoms with E-state index in [1.807, 2.05) is 6.07 Å². The molecule has 88 valence electrons. The lowest BCUT2D eigenvalue weighted by molar-refractivity contribution is 0.149. The molecule has 1 aromatic rings. The average molecular weight is 222 g/mol. The first kappa shape index (κ1) is 11.4. The molecule has 1 unspecified atom stereocenters. The van der Waals surface area contributed by atoms with Crippen molar-refractivity contribution in [1.82, 2.24) is 9.88 Å². The SMILES string of the molecule is Cc1cccn(CC(O)CNC2CC2)c1=O. The van der Waals surface area contributed by atoms with Gasteiger partial charge in [-0.15, -0.1) is 0 Å². The molecule has 1 aromatic heterocycles. The maximum atomic E-state index is 11.7. The molecule has 2 rings (SSSR count). The van der Waals surface area contributed by atoms with E-state index >= 15 is 0 Å². The van der Waals surface area contributed by atoms with E-state index in [2.05, 4.69) is 5.32 Å². The highest BCUT2D eigenvalue weighted by Crippen LogP contribution is 2.18. The number of rotatable bonds is 5. The summed E-state index contributed by atoms with van der Waals surface area (Å²) in [6.45, 7) is 2.71. The predicted octanol–water partition coefficient (Wildman–Crippen LogP) is 0.270. The fraction of sp³-hybridized carbons (Fsp3) is 0.583. The zero-order valence-corrected chi connectivity index (χ0v) is 9.52. The zero-order chi connectivity index (χ0) is 11.5. The Balaban J connectivity index is 1.91. The highest BCUT2D eigenvalue weighted by Gasteiger charge is 2.21. The minimum Gasteiger partial charge on any atom is -0.390 e. The second-order valence-corrected chi connectivity index (χ2v) is 4.49.